The molecule has 1 atom stereocenters. The highest BCUT2D eigenvalue weighted by atomic mass is 127. The molecule has 0 aliphatic heterocycles. The minimum atomic E-state index is 0.400. The Kier molecular flexibility index (Phi) is 5.25. The monoisotopic (exact) mass is 345 g/mol. The van der Waals surface area contributed by atoms with E-state index in [2.05, 4.69) is 59.1 Å². The van der Waals surface area contributed by atoms with Crippen molar-refractivity contribution in [2.75, 3.05) is 19.8 Å². The number of nitrogens with one attached hydrogen (secondary N) is 1. The van der Waals surface area contributed by atoms with Gasteiger partial charge in [-0.05, 0) is 66.0 Å². The van der Waals surface area contributed by atoms with Crippen LogP contribution in [0.5, 0.6) is 0 Å². The molecule has 1 saturated carbocycles. The van der Waals surface area contributed by atoms with Crippen LogP contribution in [0.15, 0.2) is 24.3 Å². The van der Waals surface area contributed by atoms with Gasteiger partial charge in [-0.15, -0.1) is 0 Å². The molecule has 1 fully saturated rings. The van der Waals surface area contributed by atoms with E-state index in [1.807, 2.05) is 0 Å². The van der Waals surface area contributed by atoms with Crippen LogP contribution < -0.4 is 5.32 Å². The number of benzene rings is 1. The molecule has 0 aromatic heterocycles. The maximum Gasteiger partial charge on any atom is 0.0591 e. The summed E-state index contributed by atoms with van der Waals surface area (Å²) in [7, 11) is 0. The SMILES string of the molecule is CC(NCCOCC1CC1)c1ccc(I)cc1. The molecule has 1 unspecified atom stereocenters. The molecule has 17 heavy (non-hydrogen) atoms. The van der Waals surface area contributed by atoms with Gasteiger partial charge in [-0.2, -0.15) is 0 Å². The smallest absolute Gasteiger partial charge is 0.0591 e. The van der Waals surface area contributed by atoms with Crippen LogP contribution in [0.1, 0.15) is 31.4 Å². The average molecular weight is 345 g/mol. The minimum Gasteiger partial charge on any atom is -0.380 e. The summed E-state index contributed by atoms with van der Waals surface area (Å²) in [6.07, 6.45) is 2.74. The third-order valence-corrected chi connectivity index (χ3v) is 3.84. The number of hydrogen-bond acceptors (Lipinski definition) is 2. The van der Waals surface area contributed by atoms with Gasteiger partial charge >= 0.3 is 0 Å². The summed E-state index contributed by atoms with van der Waals surface area (Å²) in [4.78, 5) is 0. The van der Waals surface area contributed by atoms with Crippen molar-refractivity contribution in [3.63, 3.8) is 0 Å². The van der Waals surface area contributed by atoms with Gasteiger partial charge in [0.25, 0.3) is 0 Å². The van der Waals surface area contributed by atoms with E-state index in [1.54, 1.807) is 0 Å². The Hall–Kier alpha value is -0.130. The summed E-state index contributed by atoms with van der Waals surface area (Å²) in [6, 6.07) is 9.07. The van der Waals surface area contributed by atoms with Gasteiger partial charge in [0.05, 0.1) is 6.61 Å². The molecular weight excluding hydrogens is 325 g/mol. The fraction of sp³-hybridized carbons (Fsp3) is 0.571. The Morgan fingerprint density at radius 3 is 2.71 bits per heavy atom. The summed E-state index contributed by atoms with van der Waals surface area (Å²) < 4.78 is 6.88. The average Bonchev–Trinajstić information content (AvgIpc) is 3.13. The molecule has 1 aliphatic rings. The maximum atomic E-state index is 5.60. The summed E-state index contributed by atoms with van der Waals surface area (Å²) in [5, 5.41) is 3.49. The molecule has 2 rings (SSSR count). The highest BCUT2D eigenvalue weighted by Gasteiger charge is 2.20. The van der Waals surface area contributed by atoms with E-state index in [4.69, 9.17) is 4.74 Å². The highest BCUT2D eigenvalue weighted by Crippen LogP contribution is 2.28. The predicted molar refractivity (Wildman–Crippen MR) is 79.1 cm³/mol. The fourth-order valence-electron chi connectivity index (χ4n) is 1.75. The van der Waals surface area contributed by atoms with E-state index in [9.17, 15) is 0 Å². The molecule has 94 valence electrons. The summed E-state index contributed by atoms with van der Waals surface area (Å²) in [6.45, 7) is 4.91. The Bertz CT molecular complexity index is 335. The summed E-state index contributed by atoms with van der Waals surface area (Å²) in [5.74, 6) is 0.864. The molecule has 0 saturated heterocycles. The zero-order chi connectivity index (χ0) is 12.1. The van der Waals surface area contributed by atoms with Crippen LogP contribution in [0.4, 0.5) is 0 Å². The Balaban J connectivity index is 1.62. The first-order valence-electron chi connectivity index (χ1n) is 6.32. The van der Waals surface area contributed by atoms with Crippen LogP contribution >= 0.6 is 22.6 Å². The lowest BCUT2D eigenvalue weighted by atomic mass is 10.1. The summed E-state index contributed by atoms with van der Waals surface area (Å²) >= 11 is 2.33. The van der Waals surface area contributed by atoms with Crippen molar-refractivity contribution in [2.45, 2.75) is 25.8 Å². The van der Waals surface area contributed by atoms with Gasteiger partial charge in [0.1, 0.15) is 0 Å². The molecule has 0 heterocycles. The lowest BCUT2D eigenvalue weighted by Gasteiger charge is -2.14. The van der Waals surface area contributed by atoms with Crippen molar-refractivity contribution in [2.24, 2.45) is 5.92 Å². The van der Waals surface area contributed by atoms with Crippen LogP contribution in [0.25, 0.3) is 0 Å². The maximum absolute atomic E-state index is 5.60. The van der Waals surface area contributed by atoms with Crippen molar-refractivity contribution in [3.8, 4) is 0 Å². The standard InChI is InChI=1S/C14H20INO/c1-11(13-4-6-14(15)7-5-13)16-8-9-17-10-12-2-3-12/h4-7,11-12,16H,2-3,8-10H2,1H3. The van der Waals surface area contributed by atoms with Gasteiger partial charge in [-0.1, -0.05) is 12.1 Å². The number of hydrogen-bond donors (Lipinski definition) is 1. The lowest BCUT2D eigenvalue weighted by Crippen LogP contribution is -2.23. The molecule has 0 amide bonds. The third kappa shape index (κ3) is 4.94. The molecule has 0 spiro atoms. The van der Waals surface area contributed by atoms with E-state index in [0.717, 1.165) is 25.7 Å². The molecule has 1 aromatic carbocycles. The van der Waals surface area contributed by atoms with Gasteiger partial charge in [0, 0.05) is 22.8 Å². The van der Waals surface area contributed by atoms with E-state index < -0.39 is 0 Å². The molecule has 1 aromatic rings. The van der Waals surface area contributed by atoms with Gasteiger partial charge in [-0.3, -0.25) is 0 Å². The van der Waals surface area contributed by atoms with Crippen molar-refractivity contribution < 1.29 is 4.74 Å². The second-order valence-electron chi connectivity index (χ2n) is 4.75. The van der Waals surface area contributed by atoms with Gasteiger partial charge in [-0.25, -0.2) is 0 Å². The molecular formula is C14H20INO. The number of halogens is 1. The van der Waals surface area contributed by atoms with Gasteiger partial charge < -0.3 is 10.1 Å². The zero-order valence-corrected chi connectivity index (χ0v) is 12.4. The van der Waals surface area contributed by atoms with Crippen LogP contribution in [-0.2, 0) is 4.74 Å². The highest BCUT2D eigenvalue weighted by molar-refractivity contribution is 14.1. The largest absolute Gasteiger partial charge is 0.380 e. The van der Waals surface area contributed by atoms with Crippen molar-refractivity contribution >= 4 is 22.6 Å². The third-order valence-electron chi connectivity index (χ3n) is 3.12. The lowest BCUT2D eigenvalue weighted by molar-refractivity contribution is 0.124. The molecule has 1 N–H and O–H groups in total. The first-order chi connectivity index (χ1) is 8.25. The normalized spacial score (nSPS) is 17.1. The Labute approximate surface area is 117 Å². The van der Waals surface area contributed by atoms with Gasteiger partial charge in [0.15, 0.2) is 0 Å². The van der Waals surface area contributed by atoms with E-state index >= 15 is 0 Å². The number of rotatable bonds is 7. The van der Waals surface area contributed by atoms with E-state index in [1.165, 1.54) is 22.0 Å². The minimum absolute atomic E-state index is 0.400. The molecule has 2 nitrogen and oxygen atoms in total. The van der Waals surface area contributed by atoms with Crippen LogP contribution in [0.2, 0.25) is 0 Å². The molecule has 0 bridgehead atoms. The zero-order valence-electron chi connectivity index (χ0n) is 10.3. The van der Waals surface area contributed by atoms with E-state index in [0.29, 0.717) is 6.04 Å². The molecule has 1 aliphatic carbocycles. The van der Waals surface area contributed by atoms with Crippen molar-refractivity contribution in [1.82, 2.24) is 5.32 Å². The molecule has 3 heteroatoms. The Morgan fingerprint density at radius 2 is 2.06 bits per heavy atom. The first kappa shape index (κ1) is 13.3. The fourth-order valence-corrected chi connectivity index (χ4v) is 2.11. The van der Waals surface area contributed by atoms with Gasteiger partial charge in [0.2, 0.25) is 0 Å². The van der Waals surface area contributed by atoms with E-state index in [-0.39, 0.29) is 0 Å². The first-order valence-corrected chi connectivity index (χ1v) is 7.40. The second kappa shape index (κ2) is 6.71. The quantitative estimate of drug-likeness (QED) is 0.604. The van der Waals surface area contributed by atoms with Crippen LogP contribution in [0.3, 0.4) is 0 Å². The van der Waals surface area contributed by atoms with Crippen LogP contribution in [-0.4, -0.2) is 19.8 Å². The van der Waals surface area contributed by atoms with Crippen molar-refractivity contribution in [1.29, 1.82) is 0 Å². The molecule has 0 radical (unpaired) electrons. The van der Waals surface area contributed by atoms with Crippen molar-refractivity contribution in [3.05, 3.63) is 33.4 Å². The second-order valence-corrected chi connectivity index (χ2v) is 5.99. The topological polar surface area (TPSA) is 21.3 Å². The Morgan fingerprint density at radius 1 is 1.35 bits per heavy atom. The summed E-state index contributed by atoms with van der Waals surface area (Å²) in [5.41, 5.74) is 1.34. The number of ether oxygens (including phenoxy) is 1. The predicted octanol–water partition coefficient (Wildman–Crippen LogP) is 3.37. The van der Waals surface area contributed by atoms with Crippen LogP contribution in [0, 0.1) is 9.49 Å².